The van der Waals surface area contributed by atoms with E-state index in [9.17, 15) is 9.90 Å². The second kappa shape index (κ2) is 11.1. The maximum Gasteiger partial charge on any atom is 0.272 e. The van der Waals surface area contributed by atoms with Gasteiger partial charge in [-0.2, -0.15) is 0 Å². The van der Waals surface area contributed by atoms with Crippen molar-refractivity contribution in [2.75, 3.05) is 11.1 Å². The van der Waals surface area contributed by atoms with E-state index in [2.05, 4.69) is 23.8 Å². The minimum atomic E-state index is -1.25. The highest BCUT2D eigenvalue weighted by Crippen LogP contribution is 2.31. The number of nitrogen functional groups attached to an aromatic ring is 1. The van der Waals surface area contributed by atoms with Gasteiger partial charge in [0.15, 0.2) is 0 Å². The van der Waals surface area contributed by atoms with E-state index in [1.165, 1.54) is 30.4 Å². The number of carbonyl (C=O) groups is 1. The topological polar surface area (TPSA) is 111 Å². The van der Waals surface area contributed by atoms with E-state index in [0.29, 0.717) is 22.5 Å². The Morgan fingerprint density at radius 1 is 1.33 bits per heavy atom. The fraction of sp³-hybridized carbons (Fsp3) is 0.250. The number of carbonyl (C=O) groups excluding carboxylic acids is 1. The van der Waals surface area contributed by atoms with Gasteiger partial charge in [-0.25, -0.2) is 0 Å². The van der Waals surface area contributed by atoms with Gasteiger partial charge < -0.3 is 26.9 Å². The van der Waals surface area contributed by atoms with Crippen LogP contribution in [0.15, 0.2) is 49.2 Å². The molecule has 6 nitrogen and oxygen atoms in total. The first-order valence-electron chi connectivity index (χ1n) is 8.38. The summed E-state index contributed by atoms with van der Waals surface area (Å²) in [4.78, 5) is 12.8. The van der Waals surface area contributed by atoms with Crippen molar-refractivity contribution in [2.24, 2.45) is 0 Å². The van der Waals surface area contributed by atoms with E-state index in [4.69, 9.17) is 23.4 Å². The fourth-order valence-corrected chi connectivity index (χ4v) is 2.14. The van der Waals surface area contributed by atoms with Gasteiger partial charge in [-0.1, -0.05) is 45.3 Å². The first kappa shape index (κ1) is 24.2. The second-order valence-electron chi connectivity index (χ2n) is 5.69. The number of hydrogen-bond donors (Lipinski definition) is 5. The van der Waals surface area contributed by atoms with Crippen LogP contribution in [0.2, 0.25) is 0 Å². The van der Waals surface area contributed by atoms with E-state index in [1.54, 1.807) is 13.8 Å². The molecular weight excluding hydrogens is 360 g/mol. The van der Waals surface area contributed by atoms with Crippen LogP contribution in [0.4, 0.5) is 11.4 Å². The first-order chi connectivity index (χ1) is 12.6. The van der Waals surface area contributed by atoms with Crippen LogP contribution in [0.5, 0.6) is 0 Å². The van der Waals surface area contributed by atoms with Gasteiger partial charge >= 0.3 is 0 Å². The molecule has 1 amide bonds. The summed E-state index contributed by atoms with van der Waals surface area (Å²) >= 11 is 5.00. The smallest absolute Gasteiger partial charge is 0.272 e. The Bertz CT molecular complexity index is 762. The van der Waals surface area contributed by atoms with Gasteiger partial charge in [0.2, 0.25) is 0 Å². The van der Waals surface area contributed by atoms with Crippen LogP contribution in [0.3, 0.4) is 0 Å². The maximum atomic E-state index is 12.6. The van der Waals surface area contributed by atoms with Gasteiger partial charge in [-0.05, 0) is 38.1 Å². The molecule has 0 saturated heterocycles. The Kier molecular flexibility index (Phi) is 9.92. The van der Waals surface area contributed by atoms with Crippen molar-refractivity contribution in [2.45, 2.75) is 33.3 Å². The number of nitrogens with one attached hydrogen (secondary N) is 3. The normalized spacial score (nSPS) is 10.8. The van der Waals surface area contributed by atoms with Crippen LogP contribution in [0.1, 0.15) is 38.8 Å². The van der Waals surface area contributed by atoms with Crippen molar-refractivity contribution in [3.8, 4) is 0 Å². The molecule has 0 spiro atoms. The first-order valence-corrected chi connectivity index (χ1v) is 8.79. The average Bonchev–Trinajstić information content (AvgIpc) is 2.62. The molecule has 0 unspecified atom stereocenters. The summed E-state index contributed by atoms with van der Waals surface area (Å²) in [6.07, 6.45) is 5.38. The van der Waals surface area contributed by atoms with E-state index in [1.807, 2.05) is 13.8 Å². The SMILES string of the molecule is C=C/C=C(\NC(=S)C=C)C(=O)Nc1cc(C=N)c(N)cc1C(C)(C)O.CC. The van der Waals surface area contributed by atoms with Gasteiger partial charge in [-0.3, -0.25) is 4.79 Å². The number of allylic oxidation sites excluding steroid dienone is 2. The van der Waals surface area contributed by atoms with Gasteiger partial charge in [0.05, 0.1) is 5.60 Å². The molecule has 1 aromatic rings. The van der Waals surface area contributed by atoms with Gasteiger partial charge in [0.1, 0.15) is 10.7 Å². The van der Waals surface area contributed by atoms with Gasteiger partial charge in [0.25, 0.3) is 5.91 Å². The number of benzene rings is 1. The predicted molar refractivity (Wildman–Crippen MR) is 118 cm³/mol. The molecule has 0 heterocycles. The van der Waals surface area contributed by atoms with Crippen LogP contribution in [0.25, 0.3) is 0 Å². The molecule has 0 aromatic heterocycles. The molecule has 0 aliphatic carbocycles. The van der Waals surface area contributed by atoms with Crippen LogP contribution in [-0.2, 0) is 10.4 Å². The summed E-state index contributed by atoms with van der Waals surface area (Å²) in [5.74, 6) is -0.490. The third-order valence-electron chi connectivity index (χ3n) is 3.26. The minimum Gasteiger partial charge on any atom is -0.398 e. The number of anilines is 2. The number of nitrogens with two attached hydrogens (primary N) is 1. The monoisotopic (exact) mass is 388 g/mol. The highest BCUT2D eigenvalue weighted by atomic mass is 32.1. The lowest BCUT2D eigenvalue weighted by molar-refractivity contribution is -0.113. The highest BCUT2D eigenvalue weighted by molar-refractivity contribution is 7.80. The molecule has 6 N–H and O–H groups in total. The summed E-state index contributed by atoms with van der Waals surface area (Å²) in [6, 6.07) is 3.07. The van der Waals surface area contributed by atoms with Crippen LogP contribution < -0.4 is 16.4 Å². The molecule has 1 rings (SSSR count). The molecule has 0 saturated carbocycles. The Labute approximate surface area is 166 Å². The van der Waals surface area contributed by atoms with E-state index in [-0.39, 0.29) is 10.7 Å². The zero-order chi connectivity index (χ0) is 21.2. The largest absolute Gasteiger partial charge is 0.398 e. The lowest BCUT2D eigenvalue weighted by atomic mass is 9.94. The Hall–Kier alpha value is -2.77. The summed E-state index contributed by atoms with van der Waals surface area (Å²) < 4.78 is 0. The molecule has 0 bridgehead atoms. The average molecular weight is 389 g/mol. The summed E-state index contributed by atoms with van der Waals surface area (Å²) in [5.41, 5.74) is 6.31. The Morgan fingerprint density at radius 2 is 1.93 bits per heavy atom. The minimum absolute atomic E-state index is 0.162. The molecule has 1 aromatic carbocycles. The number of thiocarbonyl (C=S) groups is 1. The summed E-state index contributed by atoms with van der Waals surface area (Å²) in [5, 5.41) is 23.2. The van der Waals surface area contributed by atoms with Crippen LogP contribution in [-0.4, -0.2) is 22.2 Å². The molecule has 0 fully saturated rings. The molecule has 0 radical (unpaired) electrons. The van der Waals surface area contributed by atoms with Gasteiger partial charge in [-0.15, -0.1) is 0 Å². The fourth-order valence-electron chi connectivity index (χ4n) is 2.03. The van der Waals surface area contributed by atoms with E-state index in [0.717, 1.165) is 6.21 Å². The third-order valence-corrected chi connectivity index (χ3v) is 3.53. The molecule has 0 aliphatic rings. The molecule has 0 atom stereocenters. The second-order valence-corrected chi connectivity index (χ2v) is 6.13. The number of hydrogen-bond acceptors (Lipinski definition) is 5. The molecule has 27 heavy (non-hydrogen) atoms. The van der Waals surface area contributed by atoms with Crippen molar-refractivity contribution >= 4 is 40.7 Å². The molecular formula is C20H28N4O2S. The van der Waals surface area contributed by atoms with Crippen molar-refractivity contribution in [3.63, 3.8) is 0 Å². The van der Waals surface area contributed by atoms with E-state index >= 15 is 0 Å². The van der Waals surface area contributed by atoms with Crippen molar-refractivity contribution in [3.05, 3.63) is 60.3 Å². The summed E-state index contributed by atoms with van der Waals surface area (Å²) in [6.45, 7) is 14.3. The lowest BCUT2D eigenvalue weighted by Crippen LogP contribution is -2.30. The number of rotatable bonds is 7. The predicted octanol–water partition coefficient (Wildman–Crippen LogP) is 3.63. The zero-order valence-corrected chi connectivity index (χ0v) is 17.0. The van der Waals surface area contributed by atoms with Crippen molar-refractivity contribution in [1.29, 1.82) is 5.41 Å². The zero-order valence-electron chi connectivity index (χ0n) is 16.2. The highest BCUT2D eigenvalue weighted by Gasteiger charge is 2.23. The third kappa shape index (κ3) is 7.16. The van der Waals surface area contributed by atoms with Gasteiger partial charge in [0, 0.05) is 28.7 Å². The Morgan fingerprint density at radius 3 is 2.37 bits per heavy atom. The quantitative estimate of drug-likeness (QED) is 0.161. The van der Waals surface area contributed by atoms with E-state index < -0.39 is 11.5 Å². The van der Waals surface area contributed by atoms with Crippen LogP contribution in [0, 0.1) is 5.41 Å². The lowest BCUT2D eigenvalue weighted by Gasteiger charge is -2.23. The van der Waals surface area contributed by atoms with Crippen molar-refractivity contribution < 1.29 is 9.90 Å². The number of aliphatic hydroxyl groups is 1. The van der Waals surface area contributed by atoms with Crippen LogP contribution >= 0.6 is 12.2 Å². The standard InChI is InChI=1S/C18H22N4O2S.C2H6/c1-5-7-14(21-16(25)6-2)17(23)22-15-8-11(10-19)13(20)9-12(15)18(3,4)24;1-2/h5-10,19,24H,1-2,20H2,3-4H3,(H,21,25)(H,22,23);1-2H3/b14-7-,19-10?;. The maximum absolute atomic E-state index is 12.6. The summed E-state index contributed by atoms with van der Waals surface area (Å²) in [7, 11) is 0. The van der Waals surface area contributed by atoms with Crippen molar-refractivity contribution in [1.82, 2.24) is 5.32 Å². The number of amides is 1. The molecule has 146 valence electrons. The Balaban J connectivity index is 0.00000326. The molecule has 0 aliphatic heterocycles. The molecule has 7 heteroatoms.